The Morgan fingerprint density at radius 1 is 1.23 bits per heavy atom. The van der Waals surface area contributed by atoms with Gasteiger partial charge in [0, 0.05) is 5.69 Å². The van der Waals surface area contributed by atoms with Gasteiger partial charge in [-0.1, -0.05) is 17.8 Å². The summed E-state index contributed by atoms with van der Waals surface area (Å²) in [6.45, 7) is 7.22. The normalized spacial score (nSPS) is 15.0. The zero-order valence-electron chi connectivity index (χ0n) is 17.9. The van der Waals surface area contributed by atoms with Crippen LogP contribution in [0.3, 0.4) is 0 Å². The number of nitrogens with zero attached hydrogens (tertiary/aromatic N) is 1. The number of hydrogen-bond donors (Lipinski definition) is 1. The molecule has 1 aromatic carbocycles. The summed E-state index contributed by atoms with van der Waals surface area (Å²) in [6.07, 6.45) is 0.621. The predicted octanol–water partition coefficient (Wildman–Crippen LogP) is 3.17. The maximum Gasteiger partial charge on any atom is 0.412 e. The summed E-state index contributed by atoms with van der Waals surface area (Å²) >= 11 is 1.22. The lowest BCUT2D eigenvalue weighted by Crippen LogP contribution is -2.29. The van der Waals surface area contributed by atoms with E-state index in [-0.39, 0.29) is 37.0 Å². The fourth-order valence-corrected chi connectivity index (χ4v) is 3.47. The van der Waals surface area contributed by atoms with E-state index < -0.39 is 23.6 Å². The summed E-state index contributed by atoms with van der Waals surface area (Å²) in [5.74, 6) is -1.11. The molecule has 1 heterocycles. The molecule has 168 valence electrons. The van der Waals surface area contributed by atoms with Crippen LogP contribution < -0.4 is 5.32 Å². The van der Waals surface area contributed by atoms with E-state index in [0.717, 1.165) is 0 Å². The van der Waals surface area contributed by atoms with Gasteiger partial charge in [-0.25, -0.2) is 14.4 Å². The number of rotatable bonds is 7. The third-order valence-corrected chi connectivity index (χ3v) is 4.76. The Hall–Kier alpha value is -3.01. The number of amides is 2. The van der Waals surface area contributed by atoms with Crippen molar-refractivity contribution in [3.8, 4) is 0 Å². The first-order valence-electron chi connectivity index (χ1n) is 9.68. The van der Waals surface area contributed by atoms with E-state index in [2.05, 4.69) is 5.32 Å². The van der Waals surface area contributed by atoms with Crippen LogP contribution in [0.2, 0.25) is 0 Å². The number of hydrogen-bond acceptors (Lipinski definition) is 8. The molecule has 9 nitrogen and oxygen atoms in total. The van der Waals surface area contributed by atoms with E-state index in [1.165, 1.54) is 28.8 Å². The fraction of sp³-hybridized carbons (Fsp3) is 0.429. The van der Waals surface area contributed by atoms with Crippen LogP contribution in [0.15, 0.2) is 35.4 Å². The minimum Gasteiger partial charge on any atom is -0.463 e. The standard InChI is InChI=1S/C21H26N2O7S/c1-5-28-18(25)12-17-23(16(24)13-31-17)9-10-29-19(26)14-7-6-8-15(11-14)22-20(27)30-21(2,3)4/h6-8,11-12H,5,9-10,13H2,1-4H3,(H,22,27)/b17-12-. The van der Waals surface area contributed by atoms with Crippen molar-refractivity contribution in [3.63, 3.8) is 0 Å². The summed E-state index contributed by atoms with van der Waals surface area (Å²) in [4.78, 5) is 49.3. The molecule has 1 N–H and O–H groups in total. The number of benzene rings is 1. The van der Waals surface area contributed by atoms with Crippen LogP contribution in [0.4, 0.5) is 10.5 Å². The van der Waals surface area contributed by atoms with Crippen LogP contribution in [0, 0.1) is 0 Å². The molecule has 0 spiro atoms. The number of ether oxygens (including phenoxy) is 3. The minimum absolute atomic E-state index is 0.0605. The Bertz CT molecular complexity index is 877. The molecule has 0 aliphatic carbocycles. The summed E-state index contributed by atoms with van der Waals surface area (Å²) < 4.78 is 15.3. The van der Waals surface area contributed by atoms with E-state index in [1.54, 1.807) is 45.9 Å². The SMILES string of the molecule is CCOC(=O)/C=C1\SCC(=O)N1CCOC(=O)c1cccc(NC(=O)OC(C)(C)C)c1. The molecular weight excluding hydrogens is 424 g/mol. The molecule has 0 unspecified atom stereocenters. The zero-order valence-corrected chi connectivity index (χ0v) is 18.7. The molecule has 1 aromatic rings. The van der Waals surface area contributed by atoms with Gasteiger partial charge in [-0.2, -0.15) is 0 Å². The Morgan fingerprint density at radius 2 is 1.97 bits per heavy atom. The predicted molar refractivity (Wildman–Crippen MR) is 115 cm³/mol. The van der Waals surface area contributed by atoms with Gasteiger partial charge in [0.2, 0.25) is 5.91 Å². The van der Waals surface area contributed by atoms with Crippen molar-refractivity contribution in [2.45, 2.75) is 33.3 Å². The topological polar surface area (TPSA) is 111 Å². The van der Waals surface area contributed by atoms with Crippen molar-refractivity contribution >= 4 is 41.4 Å². The van der Waals surface area contributed by atoms with Gasteiger partial charge in [-0.05, 0) is 45.9 Å². The van der Waals surface area contributed by atoms with Crippen LogP contribution in [0.5, 0.6) is 0 Å². The lowest BCUT2D eigenvalue weighted by atomic mass is 10.2. The number of esters is 2. The number of carbonyl (C=O) groups excluding carboxylic acids is 4. The number of anilines is 1. The van der Waals surface area contributed by atoms with Crippen LogP contribution in [0.25, 0.3) is 0 Å². The van der Waals surface area contributed by atoms with E-state index in [0.29, 0.717) is 10.7 Å². The third kappa shape index (κ3) is 7.97. The first kappa shape index (κ1) is 24.3. The Kier molecular flexibility index (Phi) is 8.49. The van der Waals surface area contributed by atoms with Gasteiger partial charge in [0.1, 0.15) is 12.2 Å². The molecule has 0 atom stereocenters. The van der Waals surface area contributed by atoms with Gasteiger partial charge < -0.3 is 19.1 Å². The molecule has 31 heavy (non-hydrogen) atoms. The lowest BCUT2D eigenvalue weighted by Gasteiger charge is -2.19. The zero-order chi connectivity index (χ0) is 23.0. The summed E-state index contributed by atoms with van der Waals surface area (Å²) in [5.41, 5.74) is -0.0283. The molecule has 0 saturated carbocycles. The maximum absolute atomic E-state index is 12.3. The third-order valence-electron chi connectivity index (χ3n) is 3.73. The molecule has 0 radical (unpaired) electrons. The Morgan fingerprint density at radius 3 is 2.65 bits per heavy atom. The first-order chi connectivity index (χ1) is 14.6. The van der Waals surface area contributed by atoms with Crippen molar-refractivity contribution in [1.82, 2.24) is 4.90 Å². The van der Waals surface area contributed by atoms with Gasteiger partial charge >= 0.3 is 18.0 Å². The van der Waals surface area contributed by atoms with Crippen molar-refractivity contribution in [2.75, 3.05) is 30.8 Å². The lowest BCUT2D eigenvalue weighted by molar-refractivity contribution is -0.137. The van der Waals surface area contributed by atoms with Gasteiger partial charge in [0.05, 0.1) is 35.6 Å². The Labute approximate surface area is 185 Å². The van der Waals surface area contributed by atoms with Crippen molar-refractivity contribution in [2.24, 2.45) is 0 Å². The quantitative estimate of drug-likeness (QED) is 0.383. The number of thioether (sulfide) groups is 1. The molecule has 10 heteroatoms. The highest BCUT2D eigenvalue weighted by atomic mass is 32.2. The van der Waals surface area contributed by atoms with Gasteiger partial charge in [0.15, 0.2) is 0 Å². The first-order valence-corrected chi connectivity index (χ1v) is 10.7. The molecule has 1 saturated heterocycles. The summed E-state index contributed by atoms with van der Waals surface area (Å²) in [6, 6.07) is 6.23. The molecule has 2 rings (SSSR count). The highest BCUT2D eigenvalue weighted by molar-refractivity contribution is 8.04. The number of carbonyl (C=O) groups is 4. The Balaban J connectivity index is 1.91. The molecule has 1 aliphatic rings. The highest BCUT2D eigenvalue weighted by Gasteiger charge is 2.27. The second-order valence-electron chi connectivity index (χ2n) is 7.41. The van der Waals surface area contributed by atoms with E-state index >= 15 is 0 Å². The van der Waals surface area contributed by atoms with Crippen LogP contribution >= 0.6 is 11.8 Å². The molecule has 2 amide bonds. The average molecular weight is 451 g/mol. The monoisotopic (exact) mass is 450 g/mol. The second kappa shape index (κ2) is 10.9. The largest absolute Gasteiger partial charge is 0.463 e. The van der Waals surface area contributed by atoms with E-state index in [4.69, 9.17) is 14.2 Å². The van der Waals surface area contributed by atoms with Crippen molar-refractivity contribution in [3.05, 3.63) is 40.9 Å². The highest BCUT2D eigenvalue weighted by Crippen LogP contribution is 2.28. The summed E-state index contributed by atoms with van der Waals surface area (Å²) in [5, 5.41) is 3.02. The van der Waals surface area contributed by atoms with Crippen LogP contribution in [0.1, 0.15) is 38.1 Å². The van der Waals surface area contributed by atoms with E-state index in [1.807, 2.05) is 0 Å². The average Bonchev–Trinajstić information content (AvgIpc) is 3.00. The second-order valence-corrected chi connectivity index (χ2v) is 8.41. The number of nitrogens with one attached hydrogen (secondary N) is 1. The fourth-order valence-electron chi connectivity index (χ4n) is 2.51. The van der Waals surface area contributed by atoms with Gasteiger partial charge in [-0.3, -0.25) is 10.1 Å². The smallest absolute Gasteiger partial charge is 0.412 e. The van der Waals surface area contributed by atoms with Crippen molar-refractivity contribution in [1.29, 1.82) is 0 Å². The molecule has 0 aromatic heterocycles. The summed E-state index contributed by atoms with van der Waals surface area (Å²) in [7, 11) is 0. The van der Waals surface area contributed by atoms with Gasteiger partial charge in [-0.15, -0.1) is 0 Å². The molecule has 1 aliphatic heterocycles. The van der Waals surface area contributed by atoms with Crippen molar-refractivity contribution < 1.29 is 33.4 Å². The van der Waals surface area contributed by atoms with E-state index in [9.17, 15) is 19.2 Å². The maximum atomic E-state index is 12.3. The van der Waals surface area contributed by atoms with Gasteiger partial charge in [0.25, 0.3) is 0 Å². The van der Waals surface area contributed by atoms with Crippen LogP contribution in [-0.4, -0.2) is 60.0 Å². The molecule has 0 bridgehead atoms. The minimum atomic E-state index is -0.646. The van der Waals surface area contributed by atoms with Crippen LogP contribution in [-0.2, 0) is 23.8 Å². The molecular formula is C21H26N2O7S. The molecule has 1 fully saturated rings.